The monoisotopic (exact) mass is 292 g/mol. The van der Waals surface area contributed by atoms with E-state index in [1.807, 2.05) is 31.5 Å². The minimum absolute atomic E-state index is 0.0999. The van der Waals surface area contributed by atoms with Gasteiger partial charge in [-0.2, -0.15) is 5.10 Å². The molecule has 3 aromatic heterocycles. The van der Waals surface area contributed by atoms with Crippen LogP contribution in [-0.2, 0) is 0 Å². The van der Waals surface area contributed by atoms with Crippen LogP contribution in [0, 0.1) is 4.77 Å². The lowest BCUT2D eigenvalue weighted by atomic mass is 10.4. The number of rotatable bonds is 2. The van der Waals surface area contributed by atoms with Crippen molar-refractivity contribution in [3.05, 3.63) is 39.0 Å². The largest absolute Gasteiger partial charge is 0.331 e. The van der Waals surface area contributed by atoms with Crippen molar-refractivity contribution in [1.29, 1.82) is 0 Å². The summed E-state index contributed by atoms with van der Waals surface area (Å²) in [7, 11) is 0. The summed E-state index contributed by atoms with van der Waals surface area (Å²) in [6, 6.07) is 2.10. The molecule has 5 nitrogen and oxygen atoms in total. The van der Waals surface area contributed by atoms with Crippen LogP contribution in [0.1, 0.15) is 19.9 Å². The van der Waals surface area contributed by atoms with Crippen LogP contribution in [0.25, 0.3) is 15.9 Å². The predicted octanol–water partition coefficient (Wildman–Crippen LogP) is 2.89. The highest BCUT2D eigenvalue weighted by atomic mass is 32.1. The van der Waals surface area contributed by atoms with Gasteiger partial charge in [-0.05, 0) is 37.5 Å². The first-order chi connectivity index (χ1) is 9.08. The Morgan fingerprint density at radius 1 is 1.47 bits per heavy atom. The molecule has 0 aromatic carbocycles. The Hall–Kier alpha value is -1.73. The molecule has 0 saturated heterocycles. The van der Waals surface area contributed by atoms with Crippen LogP contribution < -0.4 is 5.56 Å². The SMILES string of the molecule is CC(C)n1cc(-n2c(=S)[nH]c3ccsc3c2=O)cn1. The zero-order chi connectivity index (χ0) is 13.6. The minimum atomic E-state index is -0.0999. The van der Waals surface area contributed by atoms with Crippen molar-refractivity contribution >= 4 is 33.8 Å². The fraction of sp³-hybridized carbons (Fsp3) is 0.250. The first kappa shape index (κ1) is 12.3. The minimum Gasteiger partial charge on any atom is -0.331 e. The first-order valence-electron chi connectivity index (χ1n) is 5.85. The zero-order valence-electron chi connectivity index (χ0n) is 10.5. The Morgan fingerprint density at radius 3 is 2.95 bits per heavy atom. The number of hydrogen-bond donors (Lipinski definition) is 1. The van der Waals surface area contributed by atoms with Gasteiger partial charge >= 0.3 is 0 Å². The van der Waals surface area contributed by atoms with Crippen molar-refractivity contribution < 1.29 is 0 Å². The molecule has 3 aromatic rings. The third-order valence-electron chi connectivity index (χ3n) is 2.88. The molecule has 3 rings (SSSR count). The van der Waals surface area contributed by atoms with E-state index in [0.29, 0.717) is 15.2 Å². The van der Waals surface area contributed by atoms with Crippen molar-refractivity contribution in [2.45, 2.75) is 19.9 Å². The van der Waals surface area contributed by atoms with Gasteiger partial charge in [0.05, 0.1) is 17.4 Å². The standard InChI is InChI=1S/C12H12N4OS2/c1-7(2)15-6-8(5-13-15)16-11(17)10-9(3-4-19-10)14-12(16)18/h3-7H,1-2H3,(H,14,18). The number of nitrogens with zero attached hydrogens (tertiary/aromatic N) is 3. The van der Waals surface area contributed by atoms with E-state index in [0.717, 1.165) is 5.52 Å². The summed E-state index contributed by atoms with van der Waals surface area (Å²) in [5.41, 5.74) is 1.37. The van der Waals surface area contributed by atoms with Crippen LogP contribution in [0.2, 0.25) is 0 Å². The van der Waals surface area contributed by atoms with Gasteiger partial charge in [-0.15, -0.1) is 11.3 Å². The lowest BCUT2D eigenvalue weighted by Gasteiger charge is -2.04. The van der Waals surface area contributed by atoms with E-state index in [9.17, 15) is 4.79 Å². The van der Waals surface area contributed by atoms with E-state index in [4.69, 9.17) is 12.2 Å². The summed E-state index contributed by atoms with van der Waals surface area (Å²) in [5.74, 6) is 0. The molecule has 7 heteroatoms. The number of fused-ring (bicyclic) bond motifs is 1. The molecule has 0 fully saturated rings. The van der Waals surface area contributed by atoms with Gasteiger partial charge in [-0.1, -0.05) is 0 Å². The van der Waals surface area contributed by atoms with E-state index in [1.54, 1.807) is 10.9 Å². The van der Waals surface area contributed by atoms with Gasteiger partial charge in [0.1, 0.15) is 4.70 Å². The van der Waals surface area contributed by atoms with Crippen molar-refractivity contribution in [2.24, 2.45) is 0 Å². The normalized spacial score (nSPS) is 11.5. The van der Waals surface area contributed by atoms with Gasteiger partial charge in [-0.3, -0.25) is 9.48 Å². The smallest absolute Gasteiger partial charge is 0.276 e. The topological polar surface area (TPSA) is 55.6 Å². The van der Waals surface area contributed by atoms with Gasteiger partial charge in [0.25, 0.3) is 5.56 Å². The summed E-state index contributed by atoms with van der Waals surface area (Å²) < 4.78 is 4.35. The van der Waals surface area contributed by atoms with E-state index in [1.165, 1.54) is 15.9 Å². The van der Waals surface area contributed by atoms with E-state index >= 15 is 0 Å². The zero-order valence-corrected chi connectivity index (χ0v) is 12.1. The lowest BCUT2D eigenvalue weighted by Crippen LogP contribution is -2.19. The van der Waals surface area contributed by atoms with Gasteiger partial charge in [0.2, 0.25) is 0 Å². The molecule has 19 heavy (non-hydrogen) atoms. The Bertz CT molecular complexity index is 852. The summed E-state index contributed by atoms with van der Waals surface area (Å²) in [5, 5.41) is 6.12. The van der Waals surface area contributed by atoms with Crippen molar-refractivity contribution in [3.8, 4) is 5.69 Å². The fourth-order valence-electron chi connectivity index (χ4n) is 1.90. The predicted molar refractivity (Wildman–Crippen MR) is 78.8 cm³/mol. The maximum Gasteiger partial charge on any atom is 0.276 e. The van der Waals surface area contributed by atoms with Gasteiger partial charge in [0.15, 0.2) is 4.77 Å². The Kier molecular flexibility index (Phi) is 2.87. The molecule has 98 valence electrons. The molecule has 0 bridgehead atoms. The maximum atomic E-state index is 12.4. The molecule has 0 aliphatic heterocycles. The Labute approximate surface area is 118 Å². The number of hydrogen-bond acceptors (Lipinski definition) is 4. The highest BCUT2D eigenvalue weighted by Gasteiger charge is 2.10. The second-order valence-electron chi connectivity index (χ2n) is 4.51. The van der Waals surface area contributed by atoms with Crippen LogP contribution >= 0.6 is 23.6 Å². The molecule has 0 aliphatic rings. The van der Waals surface area contributed by atoms with E-state index < -0.39 is 0 Å². The summed E-state index contributed by atoms with van der Waals surface area (Å²) in [6.45, 7) is 4.06. The van der Waals surface area contributed by atoms with Gasteiger partial charge in [0, 0.05) is 12.2 Å². The molecule has 3 heterocycles. The number of thiophene rings is 1. The maximum absolute atomic E-state index is 12.4. The first-order valence-corrected chi connectivity index (χ1v) is 7.14. The molecule has 1 N–H and O–H groups in total. The van der Waals surface area contributed by atoms with Crippen LogP contribution in [-0.4, -0.2) is 19.3 Å². The Balaban J connectivity index is 2.29. The highest BCUT2D eigenvalue weighted by Crippen LogP contribution is 2.16. The second-order valence-corrected chi connectivity index (χ2v) is 5.81. The van der Waals surface area contributed by atoms with Crippen LogP contribution in [0.4, 0.5) is 0 Å². The molecule has 0 atom stereocenters. The number of aromatic nitrogens is 4. The van der Waals surface area contributed by atoms with Crippen molar-refractivity contribution in [1.82, 2.24) is 19.3 Å². The second kappa shape index (κ2) is 4.43. The Morgan fingerprint density at radius 2 is 2.26 bits per heavy atom. The molecular formula is C12H12N4OS2. The third kappa shape index (κ3) is 1.95. The summed E-state index contributed by atoms with van der Waals surface area (Å²) >= 11 is 6.67. The van der Waals surface area contributed by atoms with Crippen molar-refractivity contribution in [3.63, 3.8) is 0 Å². The summed E-state index contributed by atoms with van der Waals surface area (Å²) in [4.78, 5) is 15.5. The van der Waals surface area contributed by atoms with Gasteiger partial charge in [-0.25, -0.2) is 4.57 Å². The van der Waals surface area contributed by atoms with Crippen LogP contribution in [0.15, 0.2) is 28.6 Å². The average molecular weight is 292 g/mol. The number of H-pyrrole nitrogens is 1. The third-order valence-corrected chi connectivity index (χ3v) is 4.07. The lowest BCUT2D eigenvalue weighted by molar-refractivity contribution is 0.532. The molecule has 0 amide bonds. The van der Waals surface area contributed by atoms with Crippen LogP contribution in [0.5, 0.6) is 0 Å². The molecule has 0 saturated carbocycles. The fourth-order valence-corrected chi connectivity index (χ4v) is 2.98. The highest BCUT2D eigenvalue weighted by molar-refractivity contribution is 7.71. The van der Waals surface area contributed by atoms with E-state index in [2.05, 4.69) is 10.1 Å². The van der Waals surface area contributed by atoms with E-state index in [-0.39, 0.29) is 11.6 Å². The number of aromatic amines is 1. The molecule has 0 radical (unpaired) electrons. The van der Waals surface area contributed by atoms with Gasteiger partial charge < -0.3 is 4.98 Å². The summed E-state index contributed by atoms with van der Waals surface area (Å²) in [6.07, 6.45) is 3.49. The molecule has 0 unspecified atom stereocenters. The molecule has 0 aliphatic carbocycles. The quantitative estimate of drug-likeness (QED) is 0.739. The molecular weight excluding hydrogens is 280 g/mol. The van der Waals surface area contributed by atoms with Crippen molar-refractivity contribution in [2.75, 3.05) is 0 Å². The van der Waals surface area contributed by atoms with Crippen LogP contribution in [0.3, 0.4) is 0 Å². The average Bonchev–Trinajstić information content (AvgIpc) is 2.97. The molecule has 0 spiro atoms. The number of nitrogens with one attached hydrogen (secondary N) is 1.